The number of halogens is 1. The molecule has 4 rings (SSSR count). The monoisotopic (exact) mass is 566 g/mol. The minimum Gasteiger partial charge on any atom is -0.492 e. The Kier molecular flexibility index (Phi) is 10.6. The summed E-state index contributed by atoms with van der Waals surface area (Å²) < 4.78 is 6.03. The molecule has 0 spiro atoms. The van der Waals surface area contributed by atoms with Gasteiger partial charge in [-0.2, -0.15) is 0 Å². The van der Waals surface area contributed by atoms with Gasteiger partial charge in [0, 0.05) is 23.7 Å². The summed E-state index contributed by atoms with van der Waals surface area (Å²) in [5.74, 6) is 0.0501. The Bertz CT molecular complexity index is 1210. The zero-order valence-electron chi connectivity index (χ0n) is 23.1. The van der Waals surface area contributed by atoms with Crippen molar-refractivity contribution >= 4 is 35.4 Å². The van der Waals surface area contributed by atoms with Crippen LogP contribution in [0.4, 0.5) is 0 Å². The number of carbonyl (C=O) groups excluding carboxylic acids is 3. The molecule has 214 valence electrons. The van der Waals surface area contributed by atoms with Crippen LogP contribution >= 0.6 is 11.6 Å². The van der Waals surface area contributed by atoms with Crippen LogP contribution in [0.15, 0.2) is 54.6 Å². The third-order valence-electron chi connectivity index (χ3n) is 7.15. The van der Waals surface area contributed by atoms with Crippen LogP contribution in [0.2, 0.25) is 5.02 Å². The second kappa shape index (κ2) is 14.3. The molecule has 1 aliphatic carbocycles. The van der Waals surface area contributed by atoms with Gasteiger partial charge in [0.05, 0.1) is 6.04 Å². The van der Waals surface area contributed by atoms with E-state index >= 15 is 0 Å². The van der Waals surface area contributed by atoms with E-state index in [1.165, 1.54) is 0 Å². The molecule has 0 radical (unpaired) electrons. The fourth-order valence-electron chi connectivity index (χ4n) is 4.74. The zero-order valence-corrected chi connectivity index (χ0v) is 23.9. The molecular weight excluding hydrogens is 528 g/mol. The number of rotatable bonds is 5. The lowest BCUT2D eigenvalue weighted by Gasteiger charge is -2.27. The van der Waals surface area contributed by atoms with Gasteiger partial charge in [-0.1, -0.05) is 80.8 Å². The van der Waals surface area contributed by atoms with Gasteiger partial charge in [-0.25, -0.2) is 0 Å². The van der Waals surface area contributed by atoms with Crippen LogP contribution in [-0.4, -0.2) is 55.5 Å². The van der Waals surface area contributed by atoms with Crippen LogP contribution < -0.4 is 26.0 Å². The third kappa shape index (κ3) is 8.83. The molecule has 3 amide bonds. The average Bonchev–Trinajstić information content (AvgIpc) is 3.75. The van der Waals surface area contributed by atoms with Crippen molar-refractivity contribution in [3.63, 3.8) is 0 Å². The first-order valence-electron chi connectivity index (χ1n) is 14.0. The van der Waals surface area contributed by atoms with Crippen LogP contribution in [0.3, 0.4) is 0 Å². The number of para-hydroxylation sites is 1. The fraction of sp³-hybridized carbons (Fsp3) is 0.452. The molecule has 2 aliphatic rings. The molecule has 1 aliphatic heterocycles. The number of nitrogens with one attached hydrogen (secondary N) is 4. The maximum atomic E-state index is 13.6. The van der Waals surface area contributed by atoms with Crippen molar-refractivity contribution in [1.29, 1.82) is 0 Å². The Morgan fingerprint density at radius 3 is 2.50 bits per heavy atom. The molecular formula is C31H39ClN4O4. The van der Waals surface area contributed by atoms with Crippen molar-refractivity contribution in [1.82, 2.24) is 21.3 Å². The van der Waals surface area contributed by atoms with Crippen molar-refractivity contribution < 1.29 is 19.1 Å². The lowest BCUT2D eigenvalue weighted by Crippen LogP contribution is -2.58. The van der Waals surface area contributed by atoms with E-state index in [0.29, 0.717) is 49.2 Å². The molecule has 9 heteroatoms. The summed E-state index contributed by atoms with van der Waals surface area (Å²) in [5.41, 5.74) is 1.78. The molecule has 1 heterocycles. The number of amides is 3. The summed E-state index contributed by atoms with van der Waals surface area (Å²) in [4.78, 5) is 40.1. The van der Waals surface area contributed by atoms with E-state index in [1.54, 1.807) is 6.07 Å². The molecule has 0 saturated heterocycles. The van der Waals surface area contributed by atoms with Crippen LogP contribution in [0, 0.1) is 11.8 Å². The third-order valence-corrected chi connectivity index (χ3v) is 7.39. The smallest absolute Gasteiger partial charge is 0.243 e. The molecule has 2 aromatic carbocycles. The molecule has 1 saturated carbocycles. The van der Waals surface area contributed by atoms with E-state index in [0.717, 1.165) is 24.0 Å². The highest BCUT2D eigenvalue weighted by atomic mass is 35.5. The number of hydrogen-bond donors (Lipinski definition) is 4. The minimum absolute atomic E-state index is 0.186. The Morgan fingerprint density at radius 2 is 1.75 bits per heavy atom. The highest BCUT2D eigenvalue weighted by molar-refractivity contribution is 6.30. The first-order valence-corrected chi connectivity index (χ1v) is 14.4. The maximum Gasteiger partial charge on any atom is 0.243 e. The van der Waals surface area contributed by atoms with Gasteiger partial charge < -0.3 is 26.0 Å². The van der Waals surface area contributed by atoms with Crippen molar-refractivity contribution in [2.24, 2.45) is 11.8 Å². The lowest BCUT2D eigenvalue weighted by atomic mass is 10.00. The van der Waals surface area contributed by atoms with Gasteiger partial charge >= 0.3 is 0 Å². The van der Waals surface area contributed by atoms with Crippen LogP contribution in [-0.2, 0) is 20.8 Å². The van der Waals surface area contributed by atoms with E-state index in [-0.39, 0.29) is 23.6 Å². The van der Waals surface area contributed by atoms with Gasteiger partial charge in [0.2, 0.25) is 17.7 Å². The Balaban J connectivity index is 1.58. The van der Waals surface area contributed by atoms with Gasteiger partial charge in [-0.05, 0) is 48.4 Å². The van der Waals surface area contributed by atoms with Gasteiger partial charge in [0.15, 0.2) is 0 Å². The Labute approximate surface area is 241 Å². The van der Waals surface area contributed by atoms with Crippen LogP contribution in [0.5, 0.6) is 5.75 Å². The van der Waals surface area contributed by atoms with Crippen molar-refractivity contribution in [3.8, 4) is 5.75 Å². The molecule has 4 N–H and O–H groups in total. The number of benzene rings is 2. The highest BCUT2D eigenvalue weighted by Gasteiger charge is 2.34. The van der Waals surface area contributed by atoms with Crippen LogP contribution in [0.25, 0.3) is 6.08 Å². The second-order valence-corrected chi connectivity index (χ2v) is 11.3. The number of ether oxygens (including phenoxy) is 1. The standard InChI is InChI=1S/C31H39ClN4O4/c1-20(2)28-31(39)35-26(18-21-12-13-21)29(37)34-14-6-9-23-8-3-4-11-27(23)40-16-15-33-25(30(38)36-28)19-22-7-5-10-24(32)17-22/h3-11,17,20-21,25-26,28,33H,12-16,18-19H2,1-2H3,(H,34,37)(H,35,39)(H,36,38)/t25-,26+,28-/m1/s1. The second-order valence-electron chi connectivity index (χ2n) is 10.8. The van der Waals surface area contributed by atoms with Gasteiger partial charge in [-0.15, -0.1) is 0 Å². The quantitative estimate of drug-likeness (QED) is 0.443. The molecule has 2 aromatic rings. The molecule has 8 nitrogen and oxygen atoms in total. The summed E-state index contributed by atoms with van der Waals surface area (Å²) in [7, 11) is 0. The predicted octanol–water partition coefficient (Wildman–Crippen LogP) is 3.49. The molecule has 0 aromatic heterocycles. The Morgan fingerprint density at radius 1 is 0.950 bits per heavy atom. The van der Waals surface area contributed by atoms with Crippen molar-refractivity contribution in [3.05, 3.63) is 70.8 Å². The summed E-state index contributed by atoms with van der Waals surface area (Å²) in [6.45, 7) is 4.82. The number of fused-ring (bicyclic) bond motifs is 1. The lowest BCUT2D eigenvalue weighted by molar-refractivity contribution is -0.133. The predicted molar refractivity (Wildman–Crippen MR) is 157 cm³/mol. The SMILES string of the molecule is CC(C)[C@H]1NC(=O)[C@@H](Cc2cccc(Cl)c2)NCCOc2ccccc2C=CCNC(=O)[C@H](CC2CC2)NC1=O. The maximum absolute atomic E-state index is 13.6. The molecule has 40 heavy (non-hydrogen) atoms. The van der Waals surface area contributed by atoms with Crippen LogP contribution in [0.1, 0.15) is 44.2 Å². The fourth-order valence-corrected chi connectivity index (χ4v) is 4.95. The van der Waals surface area contributed by atoms with Gasteiger partial charge in [0.25, 0.3) is 0 Å². The topological polar surface area (TPSA) is 109 Å². The number of carbonyl (C=O) groups is 3. The van der Waals surface area contributed by atoms with E-state index in [1.807, 2.05) is 68.5 Å². The average molecular weight is 567 g/mol. The molecule has 1 fully saturated rings. The largest absolute Gasteiger partial charge is 0.492 e. The zero-order chi connectivity index (χ0) is 28.5. The highest BCUT2D eigenvalue weighted by Crippen LogP contribution is 2.33. The molecule has 0 bridgehead atoms. The van der Waals surface area contributed by atoms with Gasteiger partial charge in [0.1, 0.15) is 24.4 Å². The van der Waals surface area contributed by atoms with E-state index in [9.17, 15) is 14.4 Å². The summed E-state index contributed by atoms with van der Waals surface area (Å²) in [6, 6.07) is 12.9. The Hall–Kier alpha value is -3.36. The first-order chi connectivity index (χ1) is 19.3. The van der Waals surface area contributed by atoms with E-state index in [4.69, 9.17) is 16.3 Å². The molecule has 3 atom stereocenters. The van der Waals surface area contributed by atoms with E-state index in [2.05, 4.69) is 21.3 Å². The number of hydrogen-bond acceptors (Lipinski definition) is 5. The van der Waals surface area contributed by atoms with Crippen molar-refractivity contribution in [2.45, 2.75) is 57.7 Å². The van der Waals surface area contributed by atoms with Crippen molar-refractivity contribution in [2.75, 3.05) is 19.7 Å². The van der Waals surface area contributed by atoms with Gasteiger partial charge in [-0.3, -0.25) is 14.4 Å². The summed E-state index contributed by atoms with van der Waals surface area (Å²) >= 11 is 6.20. The minimum atomic E-state index is -0.799. The summed E-state index contributed by atoms with van der Waals surface area (Å²) in [6.07, 6.45) is 6.84. The first kappa shape index (κ1) is 29.6. The molecule has 0 unspecified atom stereocenters. The normalized spacial score (nSPS) is 23.2. The van der Waals surface area contributed by atoms with E-state index < -0.39 is 18.1 Å². The summed E-state index contributed by atoms with van der Waals surface area (Å²) in [5, 5.41) is 12.7.